The van der Waals surface area contributed by atoms with Crippen molar-refractivity contribution in [3.63, 3.8) is 0 Å². The average Bonchev–Trinajstić information content (AvgIpc) is 3.07. The van der Waals surface area contributed by atoms with Gasteiger partial charge in [0.25, 0.3) is 0 Å². The first kappa shape index (κ1) is 19.7. The number of halogens is 1. The van der Waals surface area contributed by atoms with Crippen LogP contribution in [0.1, 0.15) is 68.7 Å². The molecule has 0 spiro atoms. The van der Waals surface area contributed by atoms with Gasteiger partial charge < -0.3 is 14.2 Å². The largest absolute Gasteiger partial charge is 0.460 e. The van der Waals surface area contributed by atoms with Crippen LogP contribution in [-0.4, -0.2) is 11.8 Å². The van der Waals surface area contributed by atoms with Crippen molar-refractivity contribution in [3.05, 3.63) is 92.5 Å². The van der Waals surface area contributed by atoms with E-state index >= 15 is 0 Å². The zero-order chi connectivity index (χ0) is 22.0. The van der Waals surface area contributed by atoms with Gasteiger partial charge in [-0.2, -0.15) is 0 Å². The molecule has 1 aliphatic carbocycles. The molecule has 6 heteroatoms. The molecular weight excluding hydrogens is 472 g/mol. The summed E-state index contributed by atoms with van der Waals surface area (Å²) in [4.78, 5) is 25.8. The highest BCUT2D eigenvalue weighted by molar-refractivity contribution is 9.10. The first-order valence-corrected chi connectivity index (χ1v) is 11.4. The van der Waals surface area contributed by atoms with Crippen LogP contribution in [-0.2, 0) is 11.2 Å². The molecule has 0 fully saturated rings. The number of hydrogen-bond donors (Lipinski definition) is 0. The molecule has 32 heavy (non-hydrogen) atoms. The fourth-order valence-electron chi connectivity index (χ4n) is 4.98. The van der Waals surface area contributed by atoms with Crippen LogP contribution in [0.15, 0.2) is 59.1 Å². The number of carbonyl (C=O) groups is 2. The summed E-state index contributed by atoms with van der Waals surface area (Å²) in [6, 6.07) is 16.6. The molecule has 0 amide bonds. The van der Waals surface area contributed by atoms with Gasteiger partial charge in [-0.05, 0) is 63.7 Å². The van der Waals surface area contributed by atoms with Gasteiger partial charge in [-0.15, -0.1) is 0 Å². The van der Waals surface area contributed by atoms with Crippen LogP contribution in [0.5, 0.6) is 11.5 Å². The Balaban J connectivity index is 1.42. The molecule has 0 radical (unpaired) electrons. The number of hydrogen-bond acceptors (Lipinski definition) is 5. The first-order chi connectivity index (χ1) is 15.5. The van der Waals surface area contributed by atoms with E-state index in [9.17, 15) is 9.59 Å². The third-order valence-corrected chi connectivity index (χ3v) is 7.03. The second-order valence-electron chi connectivity index (χ2n) is 8.54. The van der Waals surface area contributed by atoms with Crippen molar-refractivity contribution in [2.24, 2.45) is 5.92 Å². The average molecular weight is 491 g/mol. The van der Waals surface area contributed by atoms with Crippen molar-refractivity contribution in [3.8, 4) is 11.5 Å². The van der Waals surface area contributed by atoms with Crippen LogP contribution < -0.4 is 9.47 Å². The highest BCUT2D eigenvalue weighted by Gasteiger charge is 2.45. The molecule has 0 unspecified atom stereocenters. The smallest absolute Gasteiger partial charge is 0.344 e. The molecule has 3 aliphatic rings. The Morgan fingerprint density at radius 1 is 1.03 bits per heavy atom. The van der Waals surface area contributed by atoms with E-state index < -0.39 is 18.4 Å². The molecule has 160 valence electrons. The number of ether oxygens (including phenoxy) is 3. The summed E-state index contributed by atoms with van der Waals surface area (Å²) < 4.78 is 18.8. The van der Waals surface area contributed by atoms with Crippen molar-refractivity contribution >= 4 is 27.7 Å². The van der Waals surface area contributed by atoms with Crippen molar-refractivity contribution in [2.45, 2.75) is 32.2 Å². The van der Waals surface area contributed by atoms with Crippen molar-refractivity contribution < 1.29 is 23.8 Å². The van der Waals surface area contributed by atoms with Crippen LogP contribution in [0, 0.1) is 5.92 Å². The fraction of sp³-hybridized carbons (Fsp3) is 0.231. The van der Waals surface area contributed by atoms with Gasteiger partial charge in [-0.1, -0.05) is 37.3 Å². The lowest BCUT2D eigenvalue weighted by molar-refractivity contribution is -0.110. The van der Waals surface area contributed by atoms with Gasteiger partial charge in [0.1, 0.15) is 17.6 Å². The van der Waals surface area contributed by atoms with Gasteiger partial charge in [-0.25, -0.2) is 4.79 Å². The maximum atomic E-state index is 13.0. The number of fused-ring (bicyclic) bond motifs is 9. The number of ketones is 1. The van der Waals surface area contributed by atoms with E-state index in [1.807, 2.05) is 30.3 Å². The lowest BCUT2D eigenvalue weighted by Crippen LogP contribution is -2.24. The van der Waals surface area contributed by atoms with E-state index in [2.05, 4.69) is 22.9 Å². The Morgan fingerprint density at radius 3 is 2.72 bits per heavy atom. The van der Waals surface area contributed by atoms with Crippen molar-refractivity contribution in [1.82, 2.24) is 0 Å². The van der Waals surface area contributed by atoms with Gasteiger partial charge in [0.2, 0.25) is 6.29 Å². The van der Waals surface area contributed by atoms with E-state index in [1.165, 1.54) is 0 Å². The van der Waals surface area contributed by atoms with Crippen LogP contribution in [0.2, 0.25) is 0 Å². The molecule has 0 saturated carbocycles. The minimum atomic E-state index is -0.693. The summed E-state index contributed by atoms with van der Waals surface area (Å²) in [5, 5.41) is 0. The highest BCUT2D eigenvalue weighted by Crippen LogP contribution is 2.55. The number of benzene rings is 3. The maximum absolute atomic E-state index is 13.0. The van der Waals surface area contributed by atoms with Crippen molar-refractivity contribution in [1.29, 1.82) is 0 Å². The molecule has 0 saturated heterocycles. The van der Waals surface area contributed by atoms with Gasteiger partial charge in [0.15, 0.2) is 5.78 Å². The van der Waals surface area contributed by atoms with Crippen LogP contribution in [0.3, 0.4) is 0 Å². The number of carbonyl (C=O) groups excluding carboxylic acids is 2. The zero-order valence-electron chi connectivity index (χ0n) is 17.3. The topological polar surface area (TPSA) is 61.8 Å². The lowest BCUT2D eigenvalue weighted by atomic mass is 9.79. The summed E-state index contributed by atoms with van der Waals surface area (Å²) in [7, 11) is 0. The highest BCUT2D eigenvalue weighted by atomic mass is 79.9. The summed E-state index contributed by atoms with van der Waals surface area (Å²) in [5.74, 6) is 1.05. The standard InChI is InChI=1S/C26H19BrO5/c1-13-11-14-9-10-20-23(21(14)18(28)12-13)24-16-6-4-8-19(22(16)26(31-20)32-24)30-25(29)15-5-2-3-7-17(15)27/h2-10,13,24,26H,11-12H2,1H3/t13-,24+,26-/m0/s1. The Labute approximate surface area is 193 Å². The minimum absolute atomic E-state index is 0.131. The molecule has 5 nitrogen and oxygen atoms in total. The van der Waals surface area contributed by atoms with E-state index in [4.69, 9.17) is 14.2 Å². The van der Waals surface area contributed by atoms with Crippen LogP contribution in [0.4, 0.5) is 0 Å². The zero-order valence-corrected chi connectivity index (χ0v) is 18.8. The number of Topliss-reactive ketones (excluding diaryl/α,β-unsaturated/α-hetero) is 1. The third-order valence-electron chi connectivity index (χ3n) is 6.34. The third kappa shape index (κ3) is 2.93. The molecule has 0 N–H and O–H groups in total. The molecular formula is C26H19BrO5. The van der Waals surface area contributed by atoms with Crippen LogP contribution in [0.25, 0.3) is 0 Å². The molecule has 2 bridgehead atoms. The van der Waals surface area contributed by atoms with Gasteiger partial charge in [0, 0.05) is 22.0 Å². The number of esters is 1. The van der Waals surface area contributed by atoms with Gasteiger partial charge >= 0.3 is 5.97 Å². The van der Waals surface area contributed by atoms with E-state index in [0.717, 1.165) is 28.7 Å². The van der Waals surface area contributed by atoms with Crippen LogP contribution >= 0.6 is 15.9 Å². The molecule has 3 aromatic carbocycles. The first-order valence-electron chi connectivity index (χ1n) is 10.6. The molecule has 0 aromatic heterocycles. The van der Waals surface area contributed by atoms with E-state index in [0.29, 0.717) is 39.4 Å². The molecule has 3 atom stereocenters. The molecule has 3 aromatic rings. The Bertz CT molecular complexity index is 1300. The molecule has 2 heterocycles. The SMILES string of the molecule is C[C@@H]1CC(=O)c2c(ccc3c2[C@@H]2O[C@H](O3)c3c(OC(=O)c4ccccc4Br)cccc32)C1. The van der Waals surface area contributed by atoms with Gasteiger partial charge in [0.05, 0.1) is 11.1 Å². The van der Waals surface area contributed by atoms with Gasteiger partial charge in [-0.3, -0.25) is 4.79 Å². The van der Waals surface area contributed by atoms with Crippen molar-refractivity contribution in [2.75, 3.05) is 0 Å². The molecule has 6 rings (SSSR count). The summed E-state index contributed by atoms with van der Waals surface area (Å²) in [5.41, 5.74) is 4.56. The van der Waals surface area contributed by atoms with E-state index in [1.54, 1.807) is 24.3 Å². The fourth-order valence-corrected chi connectivity index (χ4v) is 5.42. The van der Waals surface area contributed by atoms with E-state index in [-0.39, 0.29) is 5.78 Å². The Morgan fingerprint density at radius 2 is 1.88 bits per heavy atom. The second kappa shape index (κ2) is 7.29. The Kier molecular flexibility index (Phi) is 4.49. The molecule has 2 aliphatic heterocycles. The summed E-state index contributed by atoms with van der Waals surface area (Å²) >= 11 is 3.40. The lowest BCUT2D eigenvalue weighted by Gasteiger charge is -2.30. The minimum Gasteiger partial charge on any atom is -0.460 e. The monoisotopic (exact) mass is 490 g/mol. The normalized spacial score (nSPS) is 22.4. The maximum Gasteiger partial charge on any atom is 0.344 e. The number of rotatable bonds is 2. The quantitative estimate of drug-likeness (QED) is 0.328. The second-order valence-corrected chi connectivity index (χ2v) is 9.40. The Hall–Kier alpha value is -2.96. The predicted octanol–water partition coefficient (Wildman–Crippen LogP) is 5.94. The summed E-state index contributed by atoms with van der Waals surface area (Å²) in [6.45, 7) is 2.10. The predicted molar refractivity (Wildman–Crippen MR) is 120 cm³/mol. The summed E-state index contributed by atoms with van der Waals surface area (Å²) in [6.07, 6.45) is 0.270.